The number of benzene rings is 1. The first kappa shape index (κ1) is 14.7. The van der Waals surface area contributed by atoms with E-state index in [1.165, 1.54) is 6.07 Å². The second-order valence-corrected chi connectivity index (χ2v) is 4.68. The average molecular weight is 284 g/mol. The van der Waals surface area contributed by atoms with Crippen LogP contribution in [0.5, 0.6) is 0 Å². The average Bonchev–Trinajstić information content (AvgIpc) is 2.48. The zero-order chi connectivity index (χ0) is 15.2. The summed E-state index contributed by atoms with van der Waals surface area (Å²) in [5, 5.41) is 11.9. The number of carbonyl (C=O) groups is 2. The Morgan fingerprint density at radius 1 is 1.19 bits per heavy atom. The highest BCUT2D eigenvalue weighted by atomic mass is 16.4. The van der Waals surface area contributed by atoms with Gasteiger partial charge in [0.2, 0.25) is 5.91 Å². The standard InChI is InChI=1S/C16H16N2O3/c1-11(14-8-4-5-9-17-14)18-15(19)10-12-6-2-3-7-13(12)16(20)21/h2-9,11H,10H2,1H3,(H,18,19)(H,20,21)/t11-/m1/s1. The molecule has 0 saturated heterocycles. The topological polar surface area (TPSA) is 79.3 Å². The minimum absolute atomic E-state index is 0.0274. The summed E-state index contributed by atoms with van der Waals surface area (Å²) in [6.07, 6.45) is 1.69. The van der Waals surface area contributed by atoms with Gasteiger partial charge in [0, 0.05) is 6.20 Å². The van der Waals surface area contributed by atoms with Gasteiger partial charge in [-0.05, 0) is 30.7 Å². The van der Waals surface area contributed by atoms with Crippen molar-refractivity contribution in [3.63, 3.8) is 0 Å². The molecule has 5 heteroatoms. The summed E-state index contributed by atoms with van der Waals surface area (Å²) >= 11 is 0. The predicted octanol–water partition coefficient (Wildman–Crippen LogP) is 2.20. The van der Waals surface area contributed by atoms with Crippen molar-refractivity contribution in [2.24, 2.45) is 0 Å². The van der Waals surface area contributed by atoms with E-state index in [0.717, 1.165) is 5.69 Å². The molecule has 0 unspecified atom stereocenters. The molecular weight excluding hydrogens is 268 g/mol. The fourth-order valence-corrected chi connectivity index (χ4v) is 2.05. The molecule has 5 nitrogen and oxygen atoms in total. The number of rotatable bonds is 5. The Morgan fingerprint density at radius 2 is 1.90 bits per heavy atom. The summed E-state index contributed by atoms with van der Waals surface area (Å²) in [6, 6.07) is 11.8. The second kappa shape index (κ2) is 6.65. The summed E-state index contributed by atoms with van der Waals surface area (Å²) in [7, 11) is 0. The number of carbonyl (C=O) groups excluding carboxylic acids is 1. The number of carboxylic acids is 1. The van der Waals surface area contributed by atoms with E-state index in [2.05, 4.69) is 10.3 Å². The van der Waals surface area contributed by atoms with Crippen molar-refractivity contribution in [3.8, 4) is 0 Å². The number of nitrogens with zero attached hydrogens (tertiary/aromatic N) is 1. The van der Waals surface area contributed by atoms with Crippen molar-refractivity contribution in [1.29, 1.82) is 0 Å². The molecule has 1 heterocycles. The van der Waals surface area contributed by atoms with Crippen LogP contribution in [0.15, 0.2) is 48.7 Å². The molecule has 0 saturated carbocycles. The summed E-state index contributed by atoms with van der Waals surface area (Å²) in [5.41, 5.74) is 1.41. The van der Waals surface area contributed by atoms with Crippen molar-refractivity contribution >= 4 is 11.9 Å². The minimum atomic E-state index is -1.03. The summed E-state index contributed by atoms with van der Waals surface area (Å²) in [6.45, 7) is 1.84. The number of hydrogen-bond donors (Lipinski definition) is 2. The van der Waals surface area contributed by atoms with Crippen LogP contribution in [0.3, 0.4) is 0 Å². The zero-order valence-corrected chi connectivity index (χ0v) is 11.6. The highest BCUT2D eigenvalue weighted by Gasteiger charge is 2.15. The Labute approximate surface area is 122 Å². The molecule has 1 atom stereocenters. The molecule has 2 rings (SSSR count). The fraction of sp³-hybridized carbons (Fsp3) is 0.188. The number of aromatic nitrogens is 1. The van der Waals surface area contributed by atoms with Crippen LogP contribution < -0.4 is 5.32 Å². The van der Waals surface area contributed by atoms with E-state index >= 15 is 0 Å². The molecule has 0 bridgehead atoms. The first-order valence-electron chi connectivity index (χ1n) is 6.59. The summed E-state index contributed by atoms with van der Waals surface area (Å²) < 4.78 is 0. The van der Waals surface area contributed by atoms with E-state index in [4.69, 9.17) is 5.11 Å². The lowest BCUT2D eigenvalue weighted by Gasteiger charge is -2.13. The summed E-state index contributed by atoms with van der Waals surface area (Å²) in [4.78, 5) is 27.3. The highest BCUT2D eigenvalue weighted by Crippen LogP contribution is 2.12. The third-order valence-corrected chi connectivity index (χ3v) is 3.11. The molecule has 1 aromatic carbocycles. The fourth-order valence-electron chi connectivity index (χ4n) is 2.05. The Kier molecular flexibility index (Phi) is 4.66. The van der Waals surface area contributed by atoms with E-state index in [1.807, 2.05) is 19.1 Å². The Morgan fingerprint density at radius 3 is 2.57 bits per heavy atom. The smallest absolute Gasteiger partial charge is 0.335 e. The van der Waals surface area contributed by atoms with Gasteiger partial charge in [-0.3, -0.25) is 9.78 Å². The molecule has 0 fully saturated rings. The number of amides is 1. The number of hydrogen-bond acceptors (Lipinski definition) is 3. The lowest BCUT2D eigenvalue weighted by Crippen LogP contribution is -2.29. The first-order valence-corrected chi connectivity index (χ1v) is 6.59. The maximum Gasteiger partial charge on any atom is 0.335 e. The third kappa shape index (κ3) is 3.89. The monoisotopic (exact) mass is 284 g/mol. The van der Waals surface area contributed by atoms with Crippen molar-refractivity contribution < 1.29 is 14.7 Å². The van der Waals surface area contributed by atoms with Gasteiger partial charge in [-0.15, -0.1) is 0 Å². The van der Waals surface area contributed by atoms with E-state index < -0.39 is 5.97 Å². The van der Waals surface area contributed by atoms with Crippen LogP contribution >= 0.6 is 0 Å². The van der Waals surface area contributed by atoms with Gasteiger partial charge >= 0.3 is 5.97 Å². The summed E-state index contributed by atoms with van der Waals surface area (Å²) in [5.74, 6) is -1.27. The Hall–Kier alpha value is -2.69. The second-order valence-electron chi connectivity index (χ2n) is 4.68. The lowest BCUT2D eigenvalue weighted by atomic mass is 10.0. The number of nitrogens with one attached hydrogen (secondary N) is 1. The lowest BCUT2D eigenvalue weighted by molar-refractivity contribution is -0.121. The normalized spacial score (nSPS) is 11.7. The van der Waals surface area contributed by atoms with E-state index in [1.54, 1.807) is 30.5 Å². The van der Waals surface area contributed by atoms with Crippen molar-refractivity contribution in [1.82, 2.24) is 10.3 Å². The van der Waals surface area contributed by atoms with Gasteiger partial charge in [0.1, 0.15) is 0 Å². The SMILES string of the molecule is C[C@@H](NC(=O)Cc1ccccc1C(=O)O)c1ccccn1. The molecule has 2 N–H and O–H groups in total. The number of pyridine rings is 1. The molecule has 0 aliphatic rings. The first-order chi connectivity index (χ1) is 10.1. The molecule has 0 radical (unpaired) electrons. The van der Waals surface area contributed by atoms with Gasteiger partial charge in [0.15, 0.2) is 0 Å². The molecule has 0 spiro atoms. The van der Waals surface area contributed by atoms with Gasteiger partial charge in [0.25, 0.3) is 0 Å². The number of carboxylic acid groups (broad SMARTS) is 1. The molecule has 1 amide bonds. The van der Waals surface area contributed by atoms with Crippen LogP contribution in [0.25, 0.3) is 0 Å². The predicted molar refractivity (Wildman–Crippen MR) is 77.9 cm³/mol. The molecule has 21 heavy (non-hydrogen) atoms. The van der Waals surface area contributed by atoms with Gasteiger partial charge in [-0.25, -0.2) is 4.79 Å². The van der Waals surface area contributed by atoms with Crippen LogP contribution in [0.2, 0.25) is 0 Å². The Bertz CT molecular complexity index is 641. The molecule has 108 valence electrons. The van der Waals surface area contributed by atoms with Gasteiger partial charge in [-0.1, -0.05) is 24.3 Å². The van der Waals surface area contributed by atoms with E-state index in [-0.39, 0.29) is 23.9 Å². The van der Waals surface area contributed by atoms with Gasteiger partial charge in [0.05, 0.1) is 23.7 Å². The molecule has 0 aliphatic heterocycles. The third-order valence-electron chi connectivity index (χ3n) is 3.11. The van der Waals surface area contributed by atoms with Gasteiger partial charge < -0.3 is 10.4 Å². The van der Waals surface area contributed by atoms with Crippen LogP contribution in [-0.2, 0) is 11.2 Å². The van der Waals surface area contributed by atoms with E-state index in [0.29, 0.717) is 5.56 Å². The largest absolute Gasteiger partial charge is 0.478 e. The van der Waals surface area contributed by atoms with Crippen molar-refractivity contribution in [3.05, 3.63) is 65.5 Å². The van der Waals surface area contributed by atoms with Gasteiger partial charge in [-0.2, -0.15) is 0 Å². The maximum atomic E-state index is 12.0. The van der Waals surface area contributed by atoms with Crippen LogP contribution in [0.4, 0.5) is 0 Å². The minimum Gasteiger partial charge on any atom is -0.478 e. The molecular formula is C16H16N2O3. The molecule has 2 aromatic rings. The molecule has 1 aromatic heterocycles. The molecule has 0 aliphatic carbocycles. The van der Waals surface area contributed by atoms with E-state index in [9.17, 15) is 9.59 Å². The van der Waals surface area contributed by atoms with Crippen LogP contribution in [-0.4, -0.2) is 22.0 Å². The zero-order valence-electron chi connectivity index (χ0n) is 11.6. The highest BCUT2D eigenvalue weighted by molar-refractivity contribution is 5.91. The van der Waals surface area contributed by atoms with Crippen LogP contribution in [0, 0.1) is 0 Å². The maximum absolute atomic E-state index is 12.0. The van der Waals surface area contributed by atoms with Crippen LogP contribution in [0.1, 0.15) is 34.6 Å². The number of aromatic carboxylic acids is 1. The van der Waals surface area contributed by atoms with Crippen molar-refractivity contribution in [2.45, 2.75) is 19.4 Å². The quantitative estimate of drug-likeness (QED) is 0.882. The van der Waals surface area contributed by atoms with Crippen molar-refractivity contribution in [2.75, 3.05) is 0 Å². The Balaban J connectivity index is 2.04.